The van der Waals surface area contributed by atoms with Gasteiger partial charge in [0, 0.05) is 25.7 Å². The van der Waals surface area contributed by atoms with Gasteiger partial charge in [0.1, 0.15) is 19.3 Å². The minimum Gasteiger partial charge on any atom is -0.462 e. The number of hydrogen-bond donors (Lipinski definition) is 3. The summed E-state index contributed by atoms with van der Waals surface area (Å²) in [4.78, 5) is 72.8. The first-order valence-corrected chi connectivity index (χ1v) is 41.8. The van der Waals surface area contributed by atoms with Gasteiger partial charge in [0.25, 0.3) is 0 Å². The van der Waals surface area contributed by atoms with E-state index in [0.717, 1.165) is 114 Å². The van der Waals surface area contributed by atoms with Crippen molar-refractivity contribution in [2.24, 2.45) is 23.7 Å². The van der Waals surface area contributed by atoms with E-state index >= 15 is 0 Å². The third kappa shape index (κ3) is 66.0. The zero-order valence-corrected chi connectivity index (χ0v) is 63.4. The first-order chi connectivity index (χ1) is 45.2. The standard InChI is InChI=1S/C75H146O17P2/c1-9-67(7)53-45-37-29-21-18-19-23-32-41-49-57-74(79)91-70(61-85-72(77)55-47-39-31-22-17-15-13-11-12-14-16-20-27-35-43-51-65(3)4)63-89-93(81,82)87-59-69(76)60-88-94(83,84)90-64-71(62-86-73(78)56-48-40-34-26-28-36-44-52-66(5)6)92-75(80)58-50-42-33-25-24-30-38-46-54-68(8)10-2/h65-71,76H,9-64H2,1-8H3,(H,81,82)(H,83,84)/t67?,68?,69?,70-,71-/m1/s1. The highest BCUT2D eigenvalue weighted by Gasteiger charge is 2.30. The van der Waals surface area contributed by atoms with Gasteiger partial charge in [-0.3, -0.25) is 37.3 Å². The van der Waals surface area contributed by atoms with E-state index in [-0.39, 0.29) is 25.7 Å². The Balaban J connectivity index is 5.24. The number of hydrogen-bond acceptors (Lipinski definition) is 15. The van der Waals surface area contributed by atoms with Crippen LogP contribution in [-0.2, 0) is 65.4 Å². The highest BCUT2D eigenvalue weighted by atomic mass is 31.2. The summed E-state index contributed by atoms with van der Waals surface area (Å²) in [5, 5.41) is 10.6. The SMILES string of the molecule is CCC(C)CCCCCCCCCCCCC(=O)O[C@H](COC(=O)CCCCCCCCCCCCCCCCCC(C)C)COP(=O)(O)OCC(O)COP(=O)(O)OC[C@@H](COC(=O)CCCCCCCCCC(C)C)OC(=O)CCCCCCCCCCC(C)CC. The third-order valence-corrected chi connectivity index (χ3v) is 19.9. The molecule has 0 aliphatic carbocycles. The van der Waals surface area contributed by atoms with Crippen LogP contribution in [0, 0.1) is 23.7 Å². The quantitative estimate of drug-likeness (QED) is 0.0222. The van der Waals surface area contributed by atoms with E-state index in [4.69, 9.17) is 37.0 Å². The van der Waals surface area contributed by atoms with Gasteiger partial charge in [-0.15, -0.1) is 0 Å². The second-order valence-electron chi connectivity index (χ2n) is 28.5. The Hall–Kier alpha value is -1.94. The molecule has 0 rings (SSSR count). The van der Waals surface area contributed by atoms with Gasteiger partial charge in [-0.05, 0) is 49.4 Å². The topological polar surface area (TPSA) is 237 Å². The van der Waals surface area contributed by atoms with Crippen molar-refractivity contribution >= 4 is 39.5 Å². The van der Waals surface area contributed by atoms with Gasteiger partial charge in [-0.25, -0.2) is 9.13 Å². The van der Waals surface area contributed by atoms with Gasteiger partial charge >= 0.3 is 39.5 Å². The number of aliphatic hydroxyl groups excluding tert-OH is 1. The highest BCUT2D eigenvalue weighted by Crippen LogP contribution is 2.45. The van der Waals surface area contributed by atoms with Gasteiger partial charge in [-0.2, -0.15) is 0 Å². The molecular weight excluding hydrogens is 1230 g/mol. The molecule has 0 amide bonds. The predicted molar refractivity (Wildman–Crippen MR) is 381 cm³/mol. The minimum atomic E-state index is -4.96. The molecule has 558 valence electrons. The number of aliphatic hydroxyl groups is 1. The van der Waals surface area contributed by atoms with Crippen LogP contribution >= 0.6 is 15.6 Å². The molecule has 0 radical (unpaired) electrons. The molecule has 17 nitrogen and oxygen atoms in total. The van der Waals surface area contributed by atoms with E-state index in [0.29, 0.717) is 31.6 Å². The summed E-state index contributed by atoms with van der Waals surface area (Å²) in [7, 11) is -9.91. The lowest BCUT2D eigenvalue weighted by molar-refractivity contribution is -0.161. The summed E-state index contributed by atoms with van der Waals surface area (Å²) in [6.45, 7) is 14.2. The van der Waals surface area contributed by atoms with Gasteiger partial charge in [0.05, 0.1) is 26.4 Å². The van der Waals surface area contributed by atoms with Crippen LogP contribution in [-0.4, -0.2) is 96.7 Å². The Morgan fingerprint density at radius 1 is 0.298 bits per heavy atom. The summed E-state index contributed by atoms with van der Waals surface area (Å²) in [6.07, 6.45) is 48.5. The maximum absolute atomic E-state index is 13.1. The number of unbranched alkanes of at least 4 members (excludes halogenated alkanes) is 36. The number of phosphoric acid groups is 2. The molecule has 19 heteroatoms. The molecule has 0 heterocycles. The number of carbonyl (C=O) groups is 4. The number of rotatable bonds is 72. The molecule has 3 N–H and O–H groups in total. The van der Waals surface area contributed by atoms with E-state index in [9.17, 15) is 43.2 Å². The van der Waals surface area contributed by atoms with Crippen molar-refractivity contribution in [1.29, 1.82) is 0 Å². The van der Waals surface area contributed by atoms with E-state index in [2.05, 4.69) is 55.4 Å². The molecule has 0 aromatic carbocycles. The molecule has 7 atom stereocenters. The Kier molecular flexibility index (Phi) is 63.1. The third-order valence-electron chi connectivity index (χ3n) is 18.0. The van der Waals surface area contributed by atoms with Gasteiger partial charge in [-0.1, -0.05) is 325 Å². The van der Waals surface area contributed by atoms with Gasteiger partial charge in [0.2, 0.25) is 0 Å². The molecule has 94 heavy (non-hydrogen) atoms. The molecule has 0 fully saturated rings. The monoisotopic (exact) mass is 1380 g/mol. The van der Waals surface area contributed by atoms with Crippen molar-refractivity contribution in [3.8, 4) is 0 Å². The highest BCUT2D eigenvalue weighted by molar-refractivity contribution is 7.47. The van der Waals surface area contributed by atoms with Crippen molar-refractivity contribution in [2.75, 3.05) is 39.6 Å². The second kappa shape index (κ2) is 64.4. The molecule has 0 bridgehead atoms. The first kappa shape index (κ1) is 92.1. The molecule has 0 aliphatic rings. The summed E-state index contributed by atoms with van der Waals surface area (Å²) in [6, 6.07) is 0. The fraction of sp³-hybridized carbons (Fsp3) is 0.947. The molecule has 0 saturated heterocycles. The van der Waals surface area contributed by atoms with E-state index in [1.165, 1.54) is 173 Å². The molecular formula is C75H146O17P2. The zero-order valence-electron chi connectivity index (χ0n) is 61.6. The van der Waals surface area contributed by atoms with Crippen molar-refractivity contribution in [3.63, 3.8) is 0 Å². The van der Waals surface area contributed by atoms with Crippen LogP contribution in [0.2, 0.25) is 0 Å². The van der Waals surface area contributed by atoms with Crippen LogP contribution < -0.4 is 0 Å². The molecule has 0 aromatic heterocycles. The van der Waals surface area contributed by atoms with Crippen LogP contribution in [0.3, 0.4) is 0 Å². The zero-order chi connectivity index (χ0) is 69.6. The van der Waals surface area contributed by atoms with Crippen LogP contribution in [0.1, 0.15) is 376 Å². The summed E-state index contributed by atoms with van der Waals surface area (Å²) < 4.78 is 68.5. The summed E-state index contributed by atoms with van der Waals surface area (Å²) in [5.74, 6) is 0.960. The maximum atomic E-state index is 13.1. The van der Waals surface area contributed by atoms with E-state index < -0.39 is 97.5 Å². The Bertz CT molecular complexity index is 1850. The van der Waals surface area contributed by atoms with Crippen molar-refractivity contribution in [3.05, 3.63) is 0 Å². The lowest BCUT2D eigenvalue weighted by atomic mass is 9.99. The number of carbonyl (C=O) groups excluding carboxylic acids is 4. The average molecular weight is 1380 g/mol. The summed E-state index contributed by atoms with van der Waals surface area (Å²) in [5.41, 5.74) is 0. The summed E-state index contributed by atoms with van der Waals surface area (Å²) >= 11 is 0. The van der Waals surface area contributed by atoms with Crippen LogP contribution in [0.5, 0.6) is 0 Å². The van der Waals surface area contributed by atoms with Gasteiger partial charge < -0.3 is 33.8 Å². The van der Waals surface area contributed by atoms with Crippen molar-refractivity contribution < 1.29 is 80.2 Å². The Labute approximate surface area is 575 Å². The fourth-order valence-electron chi connectivity index (χ4n) is 11.3. The normalized spacial score (nSPS) is 14.7. The molecule has 0 saturated carbocycles. The molecule has 0 aliphatic heterocycles. The Morgan fingerprint density at radius 2 is 0.511 bits per heavy atom. The van der Waals surface area contributed by atoms with E-state index in [1.54, 1.807) is 0 Å². The van der Waals surface area contributed by atoms with Gasteiger partial charge in [0.15, 0.2) is 12.2 Å². The smallest absolute Gasteiger partial charge is 0.462 e. The fourth-order valence-corrected chi connectivity index (χ4v) is 12.9. The first-order valence-electron chi connectivity index (χ1n) is 38.8. The average Bonchev–Trinajstić information content (AvgIpc) is 1.46. The largest absolute Gasteiger partial charge is 0.472 e. The minimum absolute atomic E-state index is 0.104. The van der Waals surface area contributed by atoms with Crippen LogP contribution in [0.4, 0.5) is 0 Å². The molecule has 0 spiro atoms. The maximum Gasteiger partial charge on any atom is 0.472 e. The number of ether oxygens (including phenoxy) is 4. The predicted octanol–water partition coefficient (Wildman–Crippen LogP) is 21.7. The second-order valence-corrected chi connectivity index (χ2v) is 31.4. The van der Waals surface area contributed by atoms with E-state index in [1.807, 2.05) is 0 Å². The Morgan fingerprint density at radius 3 is 0.755 bits per heavy atom. The van der Waals surface area contributed by atoms with Crippen molar-refractivity contribution in [1.82, 2.24) is 0 Å². The van der Waals surface area contributed by atoms with Crippen LogP contribution in [0.15, 0.2) is 0 Å². The number of esters is 4. The van der Waals surface area contributed by atoms with Crippen LogP contribution in [0.25, 0.3) is 0 Å². The lowest BCUT2D eigenvalue weighted by Gasteiger charge is -2.21. The molecule has 5 unspecified atom stereocenters. The number of phosphoric ester groups is 2. The van der Waals surface area contributed by atoms with Crippen molar-refractivity contribution in [2.45, 2.75) is 395 Å². The lowest BCUT2D eigenvalue weighted by Crippen LogP contribution is -2.30. The molecule has 0 aromatic rings.